The molecule has 3 N–H and O–H groups in total. The molecule has 0 heterocycles. The van der Waals surface area contributed by atoms with Gasteiger partial charge in [0.2, 0.25) is 0 Å². The van der Waals surface area contributed by atoms with Crippen molar-refractivity contribution in [2.75, 3.05) is 98.3 Å². The summed E-state index contributed by atoms with van der Waals surface area (Å²) in [7, 11) is -1.08. The fourth-order valence-corrected chi connectivity index (χ4v) is 3.73. The Hall–Kier alpha value is -1.52. The van der Waals surface area contributed by atoms with Crippen molar-refractivity contribution in [2.24, 2.45) is 0 Å². The van der Waals surface area contributed by atoms with Gasteiger partial charge in [-0.1, -0.05) is 0 Å². The minimum atomic E-state index is -1.41. The van der Waals surface area contributed by atoms with E-state index in [0.717, 1.165) is 0 Å². The fourth-order valence-electron chi connectivity index (χ4n) is 2.42. The van der Waals surface area contributed by atoms with Crippen LogP contribution < -0.4 is 0 Å². The van der Waals surface area contributed by atoms with Gasteiger partial charge >= 0.3 is 17.9 Å². The summed E-state index contributed by atoms with van der Waals surface area (Å²) in [5.41, 5.74) is 0. The highest BCUT2D eigenvalue weighted by Crippen LogP contribution is 2.35. The second-order valence-corrected chi connectivity index (χ2v) is 10.2. The number of aliphatic hydroxyl groups is 3. The van der Waals surface area contributed by atoms with Gasteiger partial charge in [-0.15, -0.1) is 0 Å². The van der Waals surface area contributed by atoms with E-state index in [1.54, 1.807) is 0 Å². The Labute approximate surface area is 236 Å². The van der Waals surface area contributed by atoms with Crippen LogP contribution in [0.3, 0.4) is 0 Å². The first-order valence-corrected chi connectivity index (χ1v) is 14.8. The monoisotopic (exact) mass is 604 g/mol. The molecule has 16 heteroatoms. The molecule has 0 saturated carbocycles. The highest BCUT2D eigenvalue weighted by Gasteiger charge is 2.27. The van der Waals surface area contributed by atoms with Gasteiger partial charge in [0.15, 0.2) is 12.2 Å². The van der Waals surface area contributed by atoms with Gasteiger partial charge in [0.1, 0.15) is 12.5 Å². The lowest BCUT2D eigenvalue weighted by Crippen LogP contribution is -2.35. The number of hydrogen-bond donors (Lipinski definition) is 3. The molecule has 0 aliphatic heterocycles. The molecule has 0 aromatic heterocycles. The molecular weight excluding hydrogens is 559 g/mol. The molecule has 0 rings (SSSR count). The SMILES string of the molecule is CC(O)C(=O)OC(C)C(=O)OC(C)C(=O)OCP(COCCOCCOCCO)COCCOCCOCCO. The van der Waals surface area contributed by atoms with Crippen molar-refractivity contribution in [1.29, 1.82) is 0 Å². The highest BCUT2D eigenvalue weighted by atomic mass is 31.1. The number of carbonyl (C=O) groups is 3. The smallest absolute Gasteiger partial charge is 0.347 e. The van der Waals surface area contributed by atoms with Gasteiger partial charge in [0, 0.05) is 0 Å². The summed E-state index contributed by atoms with van der Waals surface area (Å²) in [5, 5.41) is 26.5. The van der Waals surface area contributed by atoms with Crippen LogP contribution in [0.2, 0.25) is 0 Å². The van der Waals surface area contributed by atoms with Crippen LogP contribution in [-0.4, -0.2) is 150 Å². The second-order valence-electron chi connectivity index (χ2n) is 8.07. The van der Waals surface area contributed by atoms with Crippen LogP contribution in [0.25, 0.3) is 0 Å². The first kappa shape index (κ1) is 38.5. The molecule has 15 nitrogen and oxygen atoms in total. The highest BCUT2D eigenvalue weighted by molar-refractivity contribution is 7.57. The summed E-state index contributed by atoms with van der Waals surface area (Å²) in [6, 6.07) is 0. The number of aliphatic hydroxyl groups excluding tert-OH is 3. The van der Waals surface area contributed by atoms with Crippen LogP contribution >= 0.6 is 7.92 Å². The Bertz CT molecular complexity index is 630. The minimum Gasteiger partial charge on any atom is -0.458 e. The Balaban J connectivity index is 4.48. The Kier molecular flexibility index (Phi) is 25.4. The van der Waals surface area contributed by atoms with Crippen LogP contribution in [0.1, 0.15) is 20.8 Å². The molecule has 0 spiro atoms. The molecule has 0 bridgehead atoms. The first-order chi connectivity index (χ1) is 19.2. The zero-order valence-electron chi connectivity index (χ0n) is 23.5. The first-order valence-electron chi connectivity index (χ1n) is 12.9. The second kappa shape index (κ2) is 26.4. The summed E-state index contributed by atoms with van der Waals surface area (Å²) in [6.07, 6.45) is -3.50. The van der Waals surface area contributed by atoms with E-state index in [0.29, 0.717) is 52.9 Å². The zero-order chi connectivity index (χ0) is 30.0. The summed E-state index contributed by atoms with van der Waals surface area (Å²) in [5.74, 6) is -2.76. The average molecular weight is 605 g/mol. The van der Waals surface area contributed by atoms with Gasteiger partial charge in [-0.05, 0) is 28.7 Å². The van der Waals surface area contributed by atoms with E-state index in [-0.39, 0.29) is 45.5 Å². The summed E-state index contributed by atoms with van der Waals surface area (Å²) >= 11 is 0. The van der Waals surface area contributed by atoms with Gasteiger partial charge in [-0.3, -0.25) is 0 Å². The average Bonchev–Trinajstić information content (AvgIpc) is 2.93. The van der Waals surface area contributed by atoms with Crippen LogP contribution in [0.15, 0.2) is 0 Å². The third-order valence-corrected chi connectivity index (χ3v) is 6.08. The minimum absolute atomic E-state index is 0.0195. The third kappa shape index (κ3) is 22.2. The van der Waals surface area contributed by atoms with Gasteiger partial charge in [-0.2, -0.15) is 0 Å². The molecule has 236 valence electrons. The lowest BCUT2D eigenvalue weighted by Gasteiger charge is -2.20. The summed E-state index contributed by atoms with van der Waals surface area (Å²) in [6.45, 7) is 6.83. The third-order valence-electron chi connectivity index (χ3n) is 4.49. The molecule has 0 aromatic carbocycles. The molecular formula is C24H45O15P. The maximum atomic E-state index is 12.4. The van der Waals surface area contributed by atoms with Crippen molar-refractivity contribution in [3.8, 4) is 0 Å². The van der Waals surface area contributed by atoms with Crippen LogP contribution in [-0.2, 0) is 57.0 Å². The molecule has 0 saturated heterocycles. The standard InChI is InChI=1S/C24H45O15P/c1-19(27)22(28)38-21(3)24(30)39-20(2)23(29)37-18-40(16-35-14-12-33-10-8-31-6-4-25)17-36-15-13-34-11-9-32-7-5-26/h19-21,25-27H,4-18H2,1-3H3. The molecule has 40 heavy (non-hydrogen) atoms. The summed E-state index contributed by atoms with van der Waals surface area (Å²) in [4.78, 5) is 35.9. The van der Waals surface area contributed by atoms with E-state index in [9.17, 15) is 19.5 Å². The fraction of sp³-hybridized carbons (Fsp3) is 0.875. The van der Waals surface area contributed by atoms with Crippen molar-refractivity contribution in [3.05, 3.63) is 0 Å². The largest absolute Gasteiger partial charge is 0.458 e. The molecule has 0 fully saturated rings. The number of rotatable bonds is 27. The van der Waals surface area contributed by atoms with Crippen molar-refractivity contribution in [2.45, 2.75) is 39.1 Å². The maximum absolute atomic E-state index is 12.4. The van der Waals surface area contributed by atoms with Gasteiger partial charge in [0.05, 0.1) is 92.0 Å². The van der Waals surface area contributed by atoms with Gasteiger partial charge < -0.3 is 58.0 Å². The number of hydrogen-bond acceptors (Lipinski definition) is 15. The van der Waals surface area contributed by atoms with Gasteiger partial charge in [-0.25, -0.2) is 14.4 Å². The van der Waals surface area contributed by atoms with E-state index >= 15 is 0 Å². The lowest BCUT2D eigenvalue weighted by molar-refractivity contribution is -0.178. The normalized spacial score (nSPS) is 13.6. The van der Waals surface area contributed by atoms with E-state index in [1.165, 1.54) is 20.8 Å². The predicted octanol–water partition coefficient (Wildman–Crippen LogP) is -0.788. The van der Waals surface area contributed by atoms with E-state index in [4.69, 9.17) is 52.8 Å². The van der Waals surface area contributed by atoms with Crippen molar-refractivity contribution in [1.82, 2.24) is 0 Å². The summed E-state index contributed by atoms with van der Waals surface area (Å²) < 4.78 is 47.2. The Morgan fingerprint density at radius 2 is 0.925 bits per heavy atom. The quantitative estimate of drug-likeness (QED) is 0.0456. The van der Waals surface area contributed by atoms with E-state index < -0.39 is 44.1 Å². The number of ether oxygens (including phenoxy) is 9. The Morgan fingerprint density at radius 3 is 1.35 bits per heavy atom. The molecule has 0 aliphatic rings. The van der Waals surface area contributed by atoms with Crippen LogP contribution in [0.4, 0.5) is 0 Å². The van der Waals surface area contributed by atoms with E-state index in [1.807, 2.05) is 0 Å². The van der Waals surface area contributed by atoms with Crippen LogP contribution in [0.5, 0.6) is 0 Å². The molecule has 3 atom stereocenters. The number of carbonyl (C=O) groups excluding carboxylic acids is 3. The van der Waals surface area contributed by atoms with Crippen molar-refractivity contribution >= 4 is 25.8 Å². The molecule has 0 radical (unpaired) electrons. The van der Waals surface area contributed by atoms with Crippen molar-refractivity contribution in [3.63, 3.8) is 0 Å². The molecule has 0 aromatic rings. The molecule has 0 aliphatic carbocycles. The topological polar surface area (TPSA) is 195 Å². The number of esters is 3. The molecule has 0 amide bonds. The van der Waals surface area contributed by atoms with Crippen molar-refractivity contribution < 1.29 is 72.3 Å². The molecule has 3 unspecified atom stereocenters. The van der Waals surface area contributed by atoms with Gasteiger partial charge in [0.25, 0.3) is 0 Å². The lowest BCUT2D eigenvalue weighted by atomic mass is 10.3. The zero-order valence-corrected chi connectivity index (χ0v) is 24.4. The Morgan fingerprint density at radius 1 is 0.550 bits per heavy atom. The predicted molar refractivity (Wildman–Crippen MR) is 140 cm³/mol. The van der Waals surface area contributed by atoms with E-state index in [2.05, 4.69) is 0 Å². The maximum Gasteiger partial charge on any atom is 0.347 e. The van der Waals surface area contributed by atoms with Crippen LogP contribution in [0, 0.1) is 0 Å².